The second kappa shape index (κ2) is 22.3. The average Bonchev–Trinajstić information content (AvgIpc) is 2.80. The van der Waals surface area contributed by atoms with Gasteiger partial charge in [0.15, 0.2) is 0 Å². The largest absolute Gasteiger partial charge is 0.387 e. The van der Waals surface area contributed by atoms with Crippen LogP contribution in [0.1, 0.15) is 129 Å². The number of aliphatic hydroxyl groups is 2. The molecule has 8 heteroatoms. The van der Waals surface area contributed by atoms with Crippen LogP contribution >= 0.6 is 0 Å². The van der Waals surface area contributed by atoms with Gasteiger partial charge >= 0.3 is 0 Å². The van der Waals surface area contributed by atoms with Gasteiger partial charge in [-0.3, -0.25) is 9.35 Å². The lowest BCUT2D eigenvalue weighted by Crippen LogP contribution is -2.50. The summed E-state index contributed by atoms with van der Waals surface area (Å²) in [6.07, 6.45) is 20.0. The predicted octanol–water partition coefficient (Wildman–Crippen LogP) is 5.70. The van der Waals surface area contributed by atoms with Crippen LogP contribution in [-0.2, 0) is 14.9 Å². The first-order valence-corrected chi connectivity index (χ1v) is 15.6. The van der Waals surface area contributed by atoms with Crippen molar-refractivity contribution < 1.29 is 28.0 Å². The number of aliphatic hydroxyl groups excluding tert-OH is 2. The minimum absolute atomic E-state index is 0.282. The van der Waals surface area contributed by atoms with Gasteiger partial charge in [-0.25, -0.2) is 0 Å². The third-order valence-electron chi connectivity index (χ3n) is 6.32. The molecule has 0 aromatic rings. The number of unbranched alkanes of at least 4 members (excludes halogenated alkanes) is 15. The molecule has 0 rings (SSSR count). The van der Waals surface area contributed by atoms with Crippen molar-refractivity contribution >= 4 is 16.0 Å². The van der Waals surface area contributed by atoms with E-state index < -0.39 is 40.0 Å². The number of amides is 1. The van der Waals surface area contributed by atoms with Crippen molar-refractivity contribution in [3.8, 4) is 0 Å². The molecular weight excluding hydrogens is 466 g/mol. The average molecular weight is 520 g/mol. The van der Waals surface area contributed by atoms with E-state index in [0.717, 1.165) is 38.5 Å². The van der Waals surface area contributed by atoms with E-state index in [9.17, 15) is 28.0 Å². The highest BCUT2D eigenvalue weighted by Crippen LogP contribution is 2.12. The Morgan fingerprint density at radius 1 is 0.771 bits per heavy atom. The monoisotopic (exact) mass is 519 g/mol. The van der Waals surface area contributed by atoms with Gasteiger partial charge in [0.25, 0.3) is 10.1 Å². The van der Waals surface area contributed by atoms with Crippen LogP contribution in [-0.4, -0.2) is 53.1 Å². The number of nitrogens with one attached hydrogen (secondary N) is 1. The number of rotatable bonds is 24. The molecule has 0 aliphatic heterocycles. The zero-order valence-electron chi connectivity index (χ0n) is 22.3. The van der Waals surface area contributed by atoms with Crippen LogP contribution in [0.5, 0.6) is 0 Å². The second-order valence-corrected chi connectivity index (χ2v) is 11.3. The Kier molecular flexibility index (Phi) is 21.6. The molecule has 0 radical (unpaired) electrons. The summed E-state index contributed by atoms with van der Waals surface area (Å²) >= 11 is 0. The van der Waals surface area contributed by atoms with Crippen molar-refractivity contribution in [3.63, 3.8) is 0 Å². The van der Waals surface area contributed by atoms with E-state index in [-0.39, 0.29) is 6.42 Å². The van der Waals surface area contributed by atoms with E-state index in [1.807, 2.05) is 0 Å². The first-order valence-electron chi connectivity index (χ1n) is 14.0. The van der Waals surface area contributed by atoms with E-state index in [2.05, 4.69) is 19.2 Å². The molecular formula is C27H53NO6S. The Morgan fingerprint density at radius 3 is 1.71 bits per heavy atom. The van der Waals surface area contributed by atoms with E-state index >= 15 is 0 Å². The summed E-state index contributed by atoms with van der Waals surface area (Å²) in [7, 11) is -4.42. The van der Waals surface area contributed by atoms with Crippen molar-refractivity contribution in [2.75, 3.05) is 5.75 Å². The van der Waals surface area contributed by atoms with Gasteiger partial charge < -0.3 is 15.5 Å². The summed E-state index contributed by atoms with van der Waals surface area (Å²) in [4.78, 5) is 12.4. The van der Waals surface area contributed by atoms with Gasteiger partial charge in [-0.2, -0.15) is 8.42 Å². The zero-order valence-corrected chi connectivity index (χ0v) is 23.1. The van der Waals surface area contributed by atoms with E-state index in [1.54, 1.807) is 6.08 Å². The minimum atomic E-state index is -4.42. The second-order valence-electron chi connectivity index (χ2n) is 9.83. The van der Waals surface area contributed by atoms with Gasteiger partial charge in [0.1, 0.15) is 6.10 Å². The fourth-order valence-corrected chi connectivity index (χ4v) is 4.83. The van der Waals surface area contributed by atoms with E-state index in [1.165, 1.54) is 70.3 Å². The summed E-state index contributed by atoms with van der Waals surface area (Å²) in [6, 6.07) is -1.22. The number of allylic oxidation sites excluding steroid dienone is 1. The maximum atomic E-state index is 12.4. The van der Waals surface area contributed by atoms with Gasteiger partial charge in [-0.15, -0.1) is 0 Å². The fraction of sp³-hybridized carbons (Fsp3) is 0.889. The molecule has 208 valence electrons. The molecule has 4 N–H and O–H groups in total. The molecule has 35 heavy (non-hydrogen) atoms. The predicted molar refractivity (Wildman–Crippen MR) is 144 cm³/mol. The van der Waals surface area contributed by atoms with E-state index in [0.29, 0.717) is 6.42 Å². The highest BCUT2D eigenvalue weighted by molar-refractivity contribution is 7.85. The molecule has 3 unspecified atom stereocenters. The van der Waals surface area contributed by atoms with Crippen LogP contribution in [0.15, 0.2) is 12.2 Å². The van der Waals surface area contributed by atoms with Crippen LogP contribution < -0.4 is 5.32 Å². The Morgan fingerprint density at radius 2 is 1.23 bits per heavy atom. The molecule has 0 aromatic carbocycles. The minimum Gasteiger partial charge on any atom is -0.387 e. The summed E-state index contributed by atoms with van der Waals surface area (Å²) in [5.74, 6) is -1.54. The molecule has 0 saturated heterocycles. The molecule has 7 nitrogen and oxygen atoms in total. The van der Waals surface area contributed by atoms with Crippen molar-refractivity contribution in [1.82, 2.24) is 5.32 Å². The van der Waals surface area contributed by atoms with Crippen LogP contribution in [0, 0.1) is 0 Å². The number of hydrogen-bond donors (Lipinski definition) is 4. The van der Waals surface area contributed by atoms with E-state index in [4.69, 9.17) is 0 Å². The highest BCUT2D eigenvalue weighted by atomic mass is 32.2. The molecule has 0 aromatic heterocycles. The normalized spacial score (nSPS) is 14.8. The smallest absolute Gasteiger partial charge is 0.267 e. The quantitative estimate of drug-likeness (QED) is 0.0737. The molecule has 0 spiro atoms. The number of carbonyl (C=O) groups is 1. The summed E-state index contributed by atoms with van der Waals surface area (Å²) < 4.78 is 32.0. The third-order valence-corrected chi connectivity index (χ3v) is 7.10. The molecule has 0 saturated carbocycles. The maximum absolute atomic E-state index is 12.4. The Bertz CT molecular complexity index is 638. The number of carbonyl (C=O) groups excluding carboxylic acids is 1. The van der Waals surface area contributed by atoms with Gasteiger partial charge in [0.2, 0.25) is 5.91 Å². The first-order chi connectivity index (χ1) is 16.7. The molecule has 0 bridgehead atoms. The van der Waals surface area contributed by atoms with Crippen LogP contribution in [0.4, 0.5) is 0 Å². The molecule has 3 atom stereocenters. The highest BCUT2D eigenvalue weighted by Gasteiger charge is 2.27. The molecule has 0 aliphatic carbocycles. The summed E-state index contributed by atoms with van der Waals surface area (Å²) in [5.41, 5.74) is 0. The van der Waals surface area contributed by atoms with Crippen molar-refractivity contribution in [2.45, 2.75) is 148 Å². The topological polar surface area (TPSA) is 124 Å². The van der Waals surface area contributed by atoms with Gasteiger partial charge in [0, 0.05) is 0 Å². The van der Waals surface area contributed by atoms with Gasteiger partial charge in [-0.1, -0.05) is 122 Å². The molecule has 1 amide bonds. The lowest BCUT2D eigenvalue weighted by atomic mass is 10.0. The molecule has 0 fully saturated rings. The van der Waals surface area contributed by atoms with Crippen molar-refractivity contribution in [1.29, 1.82) is 0 Å². The number of hydrogen-bond acceptors (Lipinski definition) is 5. The first kappa shape index (κ1) is 34.0. The van der Waals surface area contributed by atoms with Crippen LogP contribution in [0.25, 0.3) is 0 Å². The van der Waals surface area contributed by atoms with Crippen molar-refractivity contribution in [2.24, 2.45) is 0 Å². The van der Waals surface area contributed by atoms with Crippen molar-refractivity contribution in [3.05, 3.63) is 12.2 Å². The lowest BCUT2D eigenvalue weighted by molar-refractivity contribution is -0.130. The fourth-order valence-electron chi connectivity index (χ4n) is 4.10. The Hall–Kier alpha value is -0.960. The Balaban J connectivity index is 4.34. The maximum Gasteiger partial charge on any atom is 0.267 e. The van der Waals surface area contributed by atoms with Gasteiger partial charge in [0.05, 0.1) is 17.9 Å². The lowest BCUT2D eigenvalue weighted by Gasteiger charge is -2.22. The SMILES string of the molecule is CCCCCCCCC/C=C/C(O)C(CS(=O)(=O)O)NC(=O)C(O)CCCCCCCCCCC. The zero-order chi connectivity index (χ0) is 26.4. The third kappa shape index (κ3) is 22.0. The molecule has 0 heterocycles. The Labute approximate surface area is 214 Å². The van der Waals surface area contributed by atoms with Gasteiger partial charge in [-0.05, 0) is 19.3 Å². The summed E-state index contributed by atoms with van der Waals surface area (Å²) in [5, 5.41) is 23.0. The standard InChI is InChI=1S/C27H53NO6S/c1-3-5-7-9-11-13-15-17-19-21-25(29)24(23-35(32,33)34)28-27(31)26(30)22-20-18-16-14-12-10-8-6-4-2/h19,21,24-26,29-30H,3-18,20,22-23H2,1-2H3,(H,28,31)(H,32,33,34)/b21-19+. The van der Waals surface area contributed by atoms with Crippen LogP contribution in [0.2, 0.25) is 0 Å². The molecule has 0 aliphatic rings. The van der Waals surface area contributed by atoms with Crippen LogP contribution in [0.3, 0.4) is 0 Å². The summed E-state index contributed by atoms with van der Waals surface area (Å²) in [6.45, 7) is 4.38.